The normalized spacial score (nSPS) is 24.9. The van der Waals surface area contributed by atoms with Crippen molar-refractivity contribution in [3.63, 3.8) is 0 Å². The van der Waals surface area contributed by atoms with E-state index in [1.807, 2.05) is 110 Å². The average molecular weight is 783 g/mol. The van der Waals surface area contributed by atoms with Crippen LogP contribution in [-0.4, -0.2) is 49.7 Å². The van der Waals surface area contributed by atoms with Crippen molar-refractivity contribution in [2.75, 3.05) is 31.0 Å². The summed E-state index contributed by atoms with van der Waals surface area (Å²) in [6.07, 6.45) is 3.82. The first-order valence-corrected chi connectivity index (χ1v) is 19.8. The second-order valence-corrected chi connectivity index (χ2v) is 15.8. The van der Waals surface area contributed by atoms with E-state index < -0.39 is 35.0 Å². The number of fused-ring (bicyclic) bond motifs is 4. The number of methoxy groups -OCH3 is 1. The van der Waals surface area contributed by atoms with Gasteiger partial charge in [-0.2, -0.15) is 10.2 Å². The molecule has 9 rings (SSSR count). The van der Waals surface area contributed by atoms with Gasteiger partial charge in [-0.1, -0.05) is 78.4 Å². The molecule has 1 saturated carbocycles. The third-order valence-electron chi connectivity index (χ3n) is 12.7. The van der Waals surface area contributed by atoms with Crippen molar-refractivity contribution in [3.05, 3.63) is 162 Å². The SMILES string of the molecule is COc1cccc(O)c1C1C2=CCC3C(=O)N(c4ccc(N=Nc5ccc(N(C)C)cc5)cc4)C(=O)C3C2CC2C(=O)C(c3ccccc3)=CC(=O)C21c1ccccc1. The number of aromatic hydroxyl groups is 1. The smallest absolute Gasteiger partial charge is 0.238 e. The fourth-order valence-corrected chi connectivity index (χ4v) is 10.0. The molecule has 6 atom stereocenters. The quantitative estimate of drug-likeness (QED) is 0.0946. The fourth-order valence-electron chi connectivity index (χ4n) is 10.0. The molecule has 1 aliphatic heterocycles. The molecule has 0 radical (unpaired) electrons. The monoisotopic (exact) mass is 782 g/mol. The molecule has 10 heteroatoms. The van der Waals surface area contributed by atoms with Crippen LogP contribution in [0.1, 0.15) is 35.4 Å². The van der Waals surface area contributed by atoms with Gasteiger partial charge >= 0.3 is 0 Å². The Labute approximate surface area is 342 Å². The lowest BCUT2D eigenvalue weighted by Crippen LogP contribution is -2.58. The van der Waals surface area contributed by atoms with Gasteiger partial charge in [0.2, 0.25) is 11.8 Å². The number of anilines is 2. The number of hydrogen-bond acceptors (Lipinski definition) is 9. The summed E-state index contributed by atoms with van der Waals surface area (Å²) in [5.41, 5.74) is 3.84. The average Bonchev–Trinajstić information content (AvgIpc) is 3.52. The summed E-state index contributed by atoms with van der Waals surface area (Å²) in [5.74, 6) is -4.89. The first kappa shape index (κ1) is 37.6. The molecule has 294 valence electrons. The van der Waals surface area contributed by atoms with Gasteiger partial charge in [-0.15, -0.1) is 0 Å². The Balaban J connectivity index is 1.14. The van der Waals surface area contributed by atoms with E-state index >= 15 is 9.59 Å². The minimum atomic E-state index is -1.50. The lowest BCUT2D eigenvalue weighted by Gasteiger charge is -2.55. The minimum Gasteiger partial charge on any atom is -0.508 e. The zero-order chi connectivity index (χ0) is 41.0. The molecule has 6 unspecified atom stereocenters. The van der Waals surface area contributed by atoms with Crippen LogP contribution in [0.3, 0.4) is 0 Å². The number of carbonyl (C=O) groups is 4. The molecule has 1 N–H and O–H groups in total. The second-order valence-electron chi connectivity index (χ2n) is 15.8. The third kappa shape index (κ3) is 6.00. The standard InChI is InChI=1S/C49H42N4O6/c1-52(2)33-21-17-31(18-22-33)50-51-32-19-23-34(24-20-32)53-47(57)36-26-25-35-38(43(36)48(53)58)27-39-46(56)37(29-11-6-4-7-12-29)28-42(55)49(39,30-13-8-5-9-14-30)45(35)44-40(54)15-10-16-41(44)59-3/h4-25,28,36,38-39,43,45,54H,26-27H2,1-3H3. The van der Waals surface area contributed by atoms with Crippen molar-refractivity contribution in [1.29, 1.82) is 0 Å². The number of Topliss-reactive ketones (excluding diaryl/α,β-unsaturated/α-hetero) is 1. The number of azo groups is 1. The molecular formula is C49H42N4O6. The molecule has 2 amide bonds. The zero-order valence-electron chi connectivity index (χ0n) is 32.9. The molecule has 4 aliphatic rings. The highest BCUT2D eigenvalue weighted by atomic mass is 16.5. The molecule has 2 fully saturated rings. The lowest BCUT2D eigenvalue weighted by molar-refractivity contribution is -0.135. The van der Waals surface area contributed by atoms with E-state index in [9.17, 15) is 14.7 Å². The number of ketones is 2. The van der Waals surface area contributed by atoms with Crippen molar-refractivity contribution in [3.8, 4) is 11.5 Å². The van der Waals surface area contributed by atoms with Crippen LogP contribution in [0.15, 0.2) is 155 Å². The molecule has 3 aliphatic carbocycles. The van der Waals surface area contributed by atoms with E-state index in [4.69, 9.17) is 4.74 Å². The van der Waals surface area contributed by atoms with Gasteiger partial charge in [-0.05, 0) is 96.6 Å². The molecule has 0 aromatic heterocycles. The third-order valence-corrected chi connectivity index (χ3v) is 12.7. The van der Waals surface area contributed by atoms with E-state index in [2.05, 4.69) is 10.2 Å². The molecule has 0 bridgehead atoms. The van der Waals surface area contributed by atoms with Gasteiger partial charge in [0.05, 0.1) is 41.4 Å². The van der Waals surface area contributed by atoms with Crippen molar-refractivity contribution in [2.45, 2.75) is 24.2 Å². The summed E-state index contributed by atoms with van der Waals surface area (Å²) in [4.78, 5) is 63.0. The summed E-state index contributed by atoms with van der Waals surface area (Å²) in [6, 6.07) is 37.9. The first-order chi connectivity index (χ1) is 28.6. The molecule has 10 nitrogen and oxygen atoms in total. The number of ether oxygens (including phenoxy) is 1. The molecule has 5 aromatic carbocycles. The largest absolute Gasteiger partial charge is 0.508 e. The van der Waals surface area contributed by atoms with E-state index in [0.29, 0.717) is 45.1 Å². The van der Waals surface area contributed by atoms with Gasteiger partial charge in [0.25, 0.3) is 0 Å². The highest BCUT2D eigenvalue weighted by molar-refractivity contribution is 6.32. The van der Waals surface area contributed by atoms with Crippen molar-refractivity contribution in [1.82, 2.24) is 0 Å². The maximum atomic E-state index is 15.3. The van der Waals surface area contributed by atoms with Gasteiger partial charge in [-0.3, -0.25) is 24.1 Å². The van der Waals surface area contributed by atoms with Crippen LogP contribution in [0, 0.1) is 23.7 Å². The van der Waals surface area contributed by atoms with Gasteiger partial charge in [-0.25, -0.2) is 0 Å². The molecular weight excluding hydrogens is 741 g/mol. The molecule has 1 saturated heterocycles. The Hall–Kier alpha value is -6.94. The van der Waals surface area contributed by atoms with E-state index in [1.165, 1.54) is 18.1 Å². The van der Waals surface area contributed by atoms with Crippen LogP contribution >= 0.6 is 0 Å². The lowest BCUT2D eigenvalue weighted by atomic mass is 9.44. The Kier molecular flexibility index (Phi) is 9.42. The van der Waals surface area contributed by atoms with Crippen LogP contribution in [0.2, 0.25) is 0 Å². The highest BCUT2D eigenvalue weighted by Crippen LogP contribution is 2.65. The number of imide groups is 1. The Morgan fingerprint density at radius 3 is 2.03 bits per heavy atom. The number of amides is 2. The van der Waals surface area contributed by atoms with E-state index in [0.717, 1.165) is 11.3 Å². The summed E-state index contributed by atoms with van der Waals surface area (Å²) >= 11 is 0. The Bertz CT molecular complexity index is 2580. The second kappa shape index (κ2) is 14.8. The number of carbonyl (C=O) groups excluding carboxylic acids is 4. The van der Waals surface area contributed by atoms with Crippen molar-refractivity contribution < 1.29 is 29.0 Å². The van der Waals surface area contributed by atoms with E-state index in [-0.39, 0.29) is 42.0 Å². The van der Waals surface area contributed by atoms with Gasteiger partial charge in [0, 0.05) is 42.8 Å². The number of nitrogens with zero attached hydrogens (tertiary/aromatic N) is 4. The van der Waals surface area contributed by atoms with E-state index in [1.54, 1.807) is 42.5 Å². The molecule has 1 heterocycles. The maximum absolute atomic E-state index is 15.3. The van der Waals surface area contributed by atoms with Gasteiger partial charge in [0.1, 0.15) is 11.5 Å². The molecule has 5 aromatic rings. The molecule has 0 spiro atoms. The summed E-state index contributed by atoms with van der Waals surface area (Å²) < 4.78 is 5.89. The van der Waals surface area contributed by atoms with Crippen LogP contribution in [0.4, 0.5) is 22.7 Å². The highest BCUT2D eigenvalue weighted by Gasteiger charge is 2.66. The molecule has 59 heavy (non-hydrogen) atoms. The minimum absolute atomic E-state index is 0.0940. The Morgan fingerprint density at radius 1 is 0.746 bits per heavy atom. The number of rotatable bonds is 8. The van der Waals surface area contributed by atoms with Crippen LogP contribution in [-0.2, 0) is 24.6 Å². The summed E-state index contributed by atoms with van der Waals surface area (Å²) in [5, 5.41) is 20.5. The zero-order valence-corrected chi connectivity index (χ0v) is 32.9. The van der Waals surface area contributed by atoms with Gasteiger partial charge in [0.15, 0.2) is 11.6 Å². The number of hydrogen-bond donors (Lipinski definition) is 1. The maximum Gasteiger partial charge on any atom is 0.238 e. The number of allylic oxidation sites excluding steroid dienone is 4. The Morgan fingerprint density at radius 2 is 1.39 bits per heavy atom. The van der Waals surface area contributed by atoms with Crippen molar-refractivity contribution >= 4 is 51.7 Å². The predicted molar refractivity (Wildman–Crippen MR) is 225 cm³/mol. The summed E-state index contributed by atoms with van der Waals surface area (Å²) in [6.45, 7) is 0. The van der Waals surface area contributed by atoms with Crippen molar-refractivity contribution in [2.24, 2.45) is 33.9 Å². The van der Waals surface area contributed by atoms with Crippen LogP contribution < -0.4 is 14.5 Å². The van der Waals surface area contributed by atoms with Crippen LogP contribution in [0.5, 0.6) is 11.5 Å². The first-order valence-electron chi connectivity index (χ1n) is 19.8. The van der Waals surface area contributed by atoms with Gasteiger partial charge < -0.3 is 14.7 Å². The summed E-state index contributed by atoms with van der Waals surface area (Å²) in [7, 11) is 5.44. The van der Waals surface area contributed by atoms with Crippen LogP contribution in [0.25, 0.3) is 5.57 Å². The predicted octanol–water partition coefficient (Wildman–Crippen LogP) is 8.91. The number of phenolic OH excluding ortho intramolecular Hbond substituents is 1. The number of benzene rings is 5. The number of phenols is 1. The topological polar surface area (TPSA) is 129 Å². The fraction of sp³-hybridized carbons (Fsp3) is 0.224.